The summed E-state index contributed by atoms with van der Waals surface area (Å²) in [6.45, 7) is 0.949. The Balaban J connectivity index is 1.84. The number of benzene rings is 1. The molecule has 5 nitrogen and oxygen atoms in total. The van der Waals surface area contributed by atoms with Gasteiger partial charge < -0.3 is 15.2 Å². The van der Waals surface area contributed by atoms with Gasteiger partial charge in [-0.2, -0.15) is 0 Å². The van der Waals surface area contributed by atoms with Gasteiger partial charge in [0.25, 0.3) is 0 Å². The van der Waals surface area contributed by atoms with Crippen molar-refractivity contribution in [3.63, 3.8) is 0 Å². The molecule has 1 saturated carbocycles. The van der Waals surface area contributed by atoms with Crippen molar-refractivity contribution in [2.24, 2.45) is 11.8 Å². The summed E-state index contributed by atoms with van der Waals surface area (Å²) >= 11 is 0. The summed E-state index contributed by atoms with van der Waals surface area (Å²) in [6, 6.07) is 7.75. The van der Waals surface area contributed by atoms with Gasteiger partial charge in [-0.05, 0) is 17.5 Å². The molecule has 2 rings (SSSR count). The van der Waals surface area contributed by atoms with Gasteiger partial charge in [-0.25, -0.2) is 0 Å². The van der Waals surface area contributed by atoms with E-state index in [1.54, 1.807) is 7.11 Å². The molecular formula is C14H17NO4. The van der Waals surface area contributed by atoms with Crippen LogP contribution in [0.3, 0.4) is 0 Å². The minimum Gasteiger partial charge on any atom is -0.481 e. The number of ether oxygens (including phenoxy) is 1. The number of hydrogen-bond acceptors (Lipinski definition) is 3. The predicted molar refractivity (Wildman–Crippen MR) is 68.2 cm³/mol. The second-order valence-electron chi connectivity index (χ2n) is 4.76. The zero-order chi connectivity index (χ0) is 13.8. The molecule has 102 valence electrons. The van der Waals surface area contributed by atoms with Crippen molar-refractivity contribution >= 4 is 11.9 Å². The van der Waals surface area contributed by atoms with Gasteiger partial charge >= 0.3 is 5.97 Å². The molecule has 1 aliphatic carbocycles. The van der Waals surface area contributed by atoms with E-state index in [4.69, 9.17) is 9.84 Å². The Hall–Kier alpha value is -1.88. The first-order valence-corrected chi connectivity index (χ1v) is 6.19. The normalized spacial score (nSPS) is 20.9. The van der Waals surface area contributed by atoms with Crippen LogP contribution in [-0.4, -0.2) is 24.1 Å². The summed E-state index contributed by atoms with van der Waals surface area (Å²) in [6.07, 6.45) is 0.449. The monoisotopic (exact) mass is 263 g/mol. The Kier molecular flexibility index (Phi) is 4.16. The molecule has 0 bridgehead atoms. The second kappa shape index (κ2) is 5.84. The largest absolute Gasteiger partial charge is 0.481 e. The van der Waals surface area contributed by atoms with Crippen LogP contribution in [0.25, 0.3) is 0 Å². The average Bonchev–Trinajstić information content (AvgIpc) is 3.17. The zero-order valence-corrected chi connectivity index (χ0v) is 10.8. The van der Waals surface area contributed by atoms with E-state index < -0.39 is 11.9 Å². The third-order valence-electron chi connectivity index (χ3n) is 3.21. The molecule has 5 heteroatoms. The quantitative estimate of drug-likeness (QED) is 0.807. The molecule has 0 saturated heterocycles. The first kappa shape index (κ1) is 13.5. The molecular weight excluding hydrogens is 246 g/mol. The van der Waals surface area contributed by atoms with E-state index >= 15 is 0 Å². The van der Waals surface area contributed by atoms with Crippen molar-refractivity contribution in [1.82, 2.24) is 5.32 Å². The second-order valence-corrected chi connectivity index (χ2v) is 4.76. The Bertz CT molecular complexity index is 486. The van der Waals surface area contributed by atoms with Crippen molar-refractivity contribution < 1.29 is 19.4 Å². The van der Waals surface area contributed by atoms with E-state index in [-0.39, 0.29) is 11.8 Å². The van der Waals surface area contributed by atoms with E-state index in [1.807, 2.05) is 24.3 Å². The Morgan fingerprint density at radius 1 is 1.37 bits per heavy atom. The summed E-state index contributed by atoms with van der Waals surface area (Å²) in [7, 11) is 1.63. The number of carboxylic acids is 1. The van der Waals surface area contributed by atoms with Crippen LogP contribution in [0.4, 0.5) is 0 Å². The molecule has 0 unspecified atom stereocenters. The van der Waals surface area contributed by atoms with Gasteiger partial charge in [0.2, 0.25) is 5.91 Å². The van der Waals surface area contributed by atoms with E-state index in [1.165, 1.54) is 0 Å². The van der Waals surface area contributed by atoms with Crippen LogP contribution in [-0.2, 0) is 27.5 Å². The van der Waals surface area contributed by atoms with Gasteiger partial charge in [-0.3, -0.25) is 9.59 Å². The van der Waals surface area contributed by atoms with Crippen molar-refractivity contribution in [3.8, 4) is 0 Å². The SMILES string of the molecule is COCc1cccc(CNC(=O)[C@H]2C[C@H]2C(=O)O)c1. The van der Waals surface area contributed by atoms with E-state index in [2.05, 4.69) is 5.32 Å². The lowest BCUT2D eigenvalue weighted by Crippen LogP contribution is -2.25. The molecule has 1 fully saturated rings. The third kappa shape index (κ3) is 3.54. The van der Waals surface area contributed by atoms with Crippen molar-refractivity contribution in [3.05, 3.63) is 35.4 Å². The van der Waals surface area contributed by atoms with Crippen LogP contribution in [0, 0.1) is 11.8 Å². The maximum absolute atomic E-state index is 11.7. The summed E-state index contributed by atoms with van der Waals surface area (Å²) < 4.78 is 5.04. The van der Waals surface area contributed by atoms with Gasteiger partial charge in [-0.1, -0.05) is 24.3 Å². The number of aliphatic carboxylic acids is 1. The molecule has 0 aromatic heterocycles. The summed E-state index contributed by atoms with van der Waals surface area (Å²) in [4.78, 5) is 22.4. The Labute approximate surface area is 111 Å². The summed E-state index contributed by atoms with van der Waals surface area (Å²) in [5.74, 6) is -1.92. The fourth-order valence-corrected chi connectivity index (χ4v) is 2.07. The lowest BCUT2D eigenvalue weighted by Gasteiger charge is -2.06. The van der Waals surface area contributed by atoms with Crippen molar-refractivity contribution in [2.75, 3.05) is 7.11 Å². The molecule has 1 aromatic carbocycles. The van der Waals surface area contributed by atoms with Gasteiger partial charge in [0, 0.05) is 13.7 Å². The van der Waals surface area contributed by atoms with Crippen LogP contribution >= 0.6 is 0 Å². The molecule has 19 heavy (non-hydrogen) atoms. The zero-order valence-electron chi connectivity index (χ0n) is 10.8. The predicted octanol–water partition coefficient (Wildman–Crippen LogP) is 1.17. The van der Waals surface area contributed by atoms with Crippen LogP contribution in [0.5, 0.6) is 0 Å². The first-order chi connectivity index (χ1) is 9.11. The lowest BCUT2D eigenvalue weighted by molar-refractivity contribution is -0.140. The fraction of sp³-hybridized carbons (Fsp3) is 0.429. The number of hydrogen-bond donors (Lipinski definition) is 2. The van der Waals surface area contributed by atoms with Crippen molar-refractivity contribution in [1.29, 1.82) is 0 Å². The maximum Gasteiger partial charge on any atom is 0.307 e. The number of carbonyl (C=O) groups excluding carboxylic acids is 1. The average molecular weight is 263 g/mol. The molecule has 1 aliphatic rings. The number of carboxylic acid groups (broad SMARTS) is 1. The summed E-state index contributed by atoms with van der Waals surface area (Å²) in [5, 5.41) is 11.5. The van der Waals surface area contributed by atoms with Gasteiger partial charge in [0.05, 0.1) is 18.4 Å². The highest BCUT2D eigenvalue weighted by atomic mass is 16.5. The molecule has 0 aliphatic heterocycles. The van der Waals surface area contributed by atoms with E-state index in [0.717, 1.165) is 11.1 Å². The van der Waals surface area contributed by atoms with Gasteiger partial charge in [0.15, 0.2) is 0 Å². The highest BCUT2D eigenvalue weighted by Gasteiger charge is 2.48. The maximum atomic E-state index is 11.7. The van der Waals surface area contributed by atoms with Crippen molar-refractivity contribution in [2.45, 2.75) is 19.6 Å². The molecule has 2 N–H and O–H groups in total. The molecule has 1 amide bonds. The molecule has 0 heterocycles. The first-order valence-electron chi connectivity index (χ1n) is 6.19. The smallest absolute Gasteiger partial charge is 0.307 e. The minimum absolute atomic E-state index is 0.176. The Morgan fingerprint density at radius 3 is 2.74 bits per heavy atom. The number of amides is 1. The van der Waals surface area contributed by atoms with Crippen LogP contribution < -0.4 is 5.32 Å². The van der Waals surface area contributed by atoms with Gasteiger partial charge in [-0.15, -0.1) is 0 Å². The van der Waals surface area contributed by atoms with Gasteiger partial charge in [0.1, 0.15) is 0 Å². The van der Waals surface area contributed by atoms with Crippen LogP contribution in [0.15, 0.2) is 24.3 Å². The molecule has 0 spiro atoms. The minimum atomic E-state index is -0.887. The highest BCUT2D eigenvalue weighted by Crippen LogP contribution is 2.38. The molecule has 1 aromatic rings. The van der Waals surface area contributed by atoms with E-state index in [9.17, 15) is 9.59 Å². The number of carbonyl (C=O) groups is 2. The number of rotatable bonds is 6. The molecule has 0 radical (unpaired) electrons. The highest BCUT2D eigenvalue weighted by molar-refractivity contribution is 5.89. The number of nitrogens with one attached hydrogen (secondary N) is 1. The molecule has 2 atom stereocenters. The van der Waals surface area contributed by atoms with E-state index in [0.29, 0.717) is 19.6 Å². The number of methoxy groups -OCH3 is 1. The third-order valence-corrected chi connectivity index (χ3v) is 3.21. The summed E-state index contributed by atoms with van der Waals surface area (Å²) in [5.41, 5.74) is 2.03. The fourth-order valence-electron chi connectivity index (χ4n) is 2.07. The Morgan fingerprint density at radius 2 is 2.11 bits per heavy atom. The standard InChI is InChI=1S/C14H17NO4/c1-19-8-10-4-2-3-9(5-10)7-15-13(16)11-6-12(11)14(17)18/h2-5,11-12H,6-8H2,1H3,(H,15,16)(H,17,18)/t11-,12+/m0/s1. The van der Waals surface area contributed by atoms with Crippen LogP contribution in [0.2, 0.25) is 0 Å². The van der Waals surface area contributed by atoms with Crippen LogP contribution in [0.1, 0.15) is 17.5 Å². The lowest BCUT2D eigenvalue weighted by atomic mass is 10.1. The topological polar surface area (TPSA) is 75.6 Å².